The highest BCUT2D eigenvalue weighted by Gasteiger charge is 2.01. The van der Waals surface area contributed by atoms with Crippen molar-refractivity contribution in [3.63, 3.8) is 0 Å². The quantitative estimate of drug-likeness (QED) is 0.256. The lowest BCUT2D eigenvalue weighted by Crippen LogP contribution is -2.10. The van der Waals surface area contributed by atoms with Crippen LogP contribution in [-0.4, -0.2) is 12.9 Å². The van der Waals surface area contributed by atoms with Gasteiger partial charge in [-0.05, 0) is 12.5 Å². The molecule has 3 nitrogen and oxygen atoms in total. The van der Waals surface area contributed by atoms with E-state index in [-0.39, 0.29) is 0 Å². The number of ether oxygens (including phenoxy) is 1. The summed E-state index contributed by atoms with van der Waals surface area (Å²) in [6, 6.07) is 0. The molecule has 0 bridgehead atoms. The molecule has 0 saturated carbocycles. The molecule has 0 rings (SSSR count). The summed E-state index contributed by atoms with van der Waals surface area (Å²) < 4.78 is 20.1. The molecule has 0 saturated heterocycles. The normalized spacial score (nSPS) is 13.8. The molecular weight excluding hydrogens is 175 g/mol. The Labute approximate surface area is 75.0 Å². The smallest absolute Gasteiger partial charge is 0.183 e. The number of rotatable bonds is 8. The molecule has 2 unspecified atom stereocenters. The molecule has 4 heteroatoms. The molecule has 0 aromatic carbocycles. The van der Waals surface area contributed by atoms with Gasteiger partial charge in [-0.3, -0.25) is 9.09 Å². The van der Waals surface area contributed by atoms with Gasteiger partial charge in [0.2, 0.25) is 0 Å². The van der Waals surface area contributed by atoms with Crippen molar-refractivity contribution in [2.45, 2.75) is 32.5 Å². The molecule has 0 fully saturated rings. The van der Waals surface area contributed by atoms with Crippen molar-refractivity contribution in [3.05, 3.63) is 12.7 Å². The van der Waals surface area contributed by atoms with Crippen molar-refractivity contribution in [2.24, 2.45) is 0 Å². The summed E-state index contributed by atoms with van der Waals surface area (Å²) in [5.41, 5.74) is 0. The third kappa shape index (κ3) is 6.59. The highest BCUT2D eigenvalue weighted by atomic mass is 31.1. The molecule has 0 heterocycles. The van der Waals surface area contributed by atoms with Gasteiger partial charge in [-0.15, -0.1) is 0 Å². The topological polar surface area (TPSA) is 35.5 Å². The second-order valence-electron chi connectivity index (χ2n) is 2.41. The summed E-state index contributed by atoms with van der Waals surface area (Å²) in [5, 5.41) is 0. The largest absolute Gasteiger partial charge is 0.349 e. The van der Waals surface area contributed by atoms with E-state index in [1.54, 1.807) is 0 Å². The van der Waals surface area contributed by atoms with E-state index in [4.69, 9.17) is 9.26 Å². The second-order valence-corrected chi connectivity index (χ2v) is 2.88. The lowest BCUT2D eigenvalue weighted by Gasteiger charge is -2.10. The predicted molar refractivity (Wildman–Crippen MR) is 50.9 cm³/mol. The first kappa shape index (κ1) is 11.9. The average Bonchev–Trinajstić information content (AvgIpc) is 2.10. The molecular formula is C8H17O3P. The average molecular weight is 192 g/mol. The van der Waals surface area contributed by atoms with E-state index in [2.05, 4.69) is 13.5 Å². The van der Waals surface area contributed by atoms with E-state index >= 15 is 0 Å². The first-order valence-corrected chi connectivity index (χ1v) is 5.12. The standard InChI is InChI=1S/C8H17O3P/c1-3-5-6-7-10-8(4-2)11-12-9/h4,8H,2-3,5-7,12H2,1H3. The zero-order valence-electron chi connectivity index (χ0n) is 7.49. The van der Waals surface area contributed by atoms with Gasteiger partial charge in [-0.25, -0.2) is 0 Å². The fourth-order valence-electron chi connectivity index (χ4n) is 0.769. The van der Waals surface area contributed by atoms with Gasteiger partial charge in [-0.1, -0.05) is 26.3 Å². The molecule has 2 atom stereocenters. The molecule has 0 aliphatic rings. The fraction of sp³-hybridized carbons (Fsp3) is 0.750. The van der Waals surface area contributed by atoms with Gasteiger partial charge in [0.15, 0.2) is 15.0 Å². The summed E-state index contributed by atoms with van der Waals surface area (Å²) in [4.78, 5) is 0. The zero-order valence-corrected chi connectivity index (χ0v) is 8.65. The Morgan fingerprint density at radius 3 is 2.83 bits per heavy atom. The SMILES string of the molecule is C=CC(OCCCCC)O[PH2]=O. The van der Waals surface area contributed by atoms with Crippen LogP contribution in [-0.2, 0) is 13.8 Å². The Morgan fingerprint density at radius 2 is 2.33 bits per heavy atom. The van der Waals surface area contributed by atoms with Crippen molar-refractivity contribution in [3.8, 4) is 0 Å². The van der Waals surface area contributed by atoms with Crippen molar-refractivity contribution in [2.75, 3.05) is 6.61 Å². The van der Waals surface area contributed by atoms with Gasteiger partial charge in [0.25, 0.3) is 0 Å². The number of hydrogen-bond donors (Lipinski definition) is 0. The molecule has 0 aromatic heterocycles. The van der Waals surface area contributed by atoms with Gasteiger partial charge in [0.05, 0.1) is 6.61 Å². The lowest BCUT2D eigenvalue weighted by atomic mass is 10.3. The minimum atomic E-state index is -1.21. The minimum Gasteiger partial charge on any atom is -0.349 e. The van der Waals surface area contributed by atoms with E-state index in [1.165, 1.54) is 6.08 Å². The third-order valence-corrected chi connectivity index (χ3v) is 1.79. The minimum absolute atomic E-state index is 0.491. The Hall–Kier alpha value is -0.110. The monoisotopic (exact) mass is 192 g/mol. The second kappa shape index (κ2) is 8.98. The molecule has 0 aliphatic carbocycles. The van der Waals surface area contributed by atoms with Crippen molar-refractivity contribution < 1.29 is 13.8 Å². The van der Waals surface area contributed by atoms with Gasteiger partial charge in [0, 0.05) is 0 Å². The van der Waals surface area contributed by atoms with Crippen molar-refractivity contribution in [1.29, 1.82) is 0 Å². The fourth-order valence-corrected chi connectivity index (χ4v) is 1.07. The van der Waals surface area contributed by atoms with Crippen LogP contribution in [0.4, 0.5) is 0 Å². The van der Waals surface area contributed by atoms with E-state index < -0.39 is 15.0 Å². The summed E-state index contributed by atoms with van der Waals surface area (Å²) in [5.74, 6) is 0. The van der Waals surface area contributed by atoms with Crippen molar-refractivity contribution >= 4 is 8.69 Å². The Morgan fingerprint density at radius 1 is 1.58 bits per heavy atom. The van der Waals surface area contributed by atoms with Crippen LogP contribution in [0, 0.1) is 0 Å². The molecule has 0 aromatic rings. The van der Waals surface area contributed by atoms with Crippen LogP contribution in [0.2, 0.25) is 0 Å². The highest BCUT2D eigenvalue weighted by molar-refractivity contribution is 7.17. The van der Waals surface area contributed by atoms with Gasteiger partial charge < -0.3 is 4.74 Å². The van der Waals surface area contributed by atoms with Crippen LogP contribution >= 0.6 is 8.69 Å². The zero-order chi connectivity index (χ0) is 9.23. The first-order chi connectivity index (χ1) is 5.85. The summed E-state index contributed by atoms with van der Waals surface area (Å²) in [6.07, 6.45) is 4.34. The van der Waals surface area contributed by atoms with Gasteiger partial charge in [0.1, 0.15) is 0 Å². The van der Waals surface area contributed by atoms with E-state index in [0.29, 0.717) is 6.61 Å². The number of unbranched alkanes of at least 4 members (excludes halogenated alkanes) is 2. The van der Waals surface area contributed by atoms with Crippen LogP contribution in [0.1, 0.15) is 26.2 Å². The third-order valence-electron chi connectivity index (χ3n) is 1.41. The predicted octanol–water partition coefficient (Wildman–Crippen LogP) is 2.39. The Kier molecular flexibility index (Phi) is 8.90. The van der Waals surface area contributed by atoms with Crippen LogP contribution < -0.4 is 0 Å². The summed E-state index contributed by atoms with van der Waals surface area (Å²) >= 11 is 0. The van der Waals surface area contributed by atoms with E-state index in [9.17, 15) is 4.57 Å². The Bertz CT molecular complexity index is 127. The van der Waals surface area contributed by atoms with Crippen LogP contribution in [0.25, 0.3) is 0 Å². The van der Waals surface area contributed by atoms with E-state index in [0.717, 1.165) is 19.3 Å². The molecule has 0 aliphatic heterocycles. The molecule has 0 radical (unpaired) electrons. The lowest BCUT2D eigenvalue weighted by molar-refractivity contribution is -0.0396. The van der Waals surface area contributed by atoms with Gasteiger partial charge >= 0.3 is 0 Å². The Balaban J connectivity index is 3.31. The first-order valence-electron chi connectivity index (χ1n) is 4.18. The molecule has 72 valence electrons. The number of hydrogen-bond acceptors (Lipinski definition) is 3. The van der Waals surface area contributed by atoms with Crippen LogP contribution in [0.5, 0.6) is 0 Å². The van der Waals surface area contributed by atoms with E-state index in [1.807, 2.05) is 0 Å². The maximum absolute atomic E-state index is 10.1. The molecule has 0 N–H and O–H groups in total. The van der Waals surface area contributed by atoms with Crippen molar-refractivity contribution in [1.82, 2.24) is 0 Å². The molecule has 12 heavy (non-hydrogen) atoms. The summed E-state index contributed by atoms with van der Waals surface area (Å²) in [6.45, 7) is 6.27. The maximum atomic E-state index is 10.1. The molecule has 0 spiro atoms. The molecule has 0 amide bonds. The van der Waals surface area contributed by atoms with Crippen LogP contribution in [0.15, 0.2) is 12.7 Å². The summed E-state index contributed by atoms with van der Waals surface area (Å²) in [7, 11) is -1.21. The highest BCUT2D eigenvalue weighted by Crippen LogP contribution is 2.06. The maximum Gasteiger partial charge on any atom is 0.183 e. The van der Waals surface area contributed by atoms with Gasteiger partial charge in [-0.2, -0.15) is 0 Å². The van der Waals surface area contributed by atoms with Crippen LogP contribution in [0.3, 0.4) is 0 Å².